The molecule has 0 aliphatic carbocycles. The number of rotatable bonds is 8. The van der Waals surface area contributed by atoms with Crippen molar-refractivity contribution in [1.29, 1.82) is 0 Å². The molecule has 8 heteroatoms. The van der Waals surface area contributed by atoms with Crippen LogP contribution in [0.25, 0.3) is 0 Å². The van der Waals surface area contributed by atoms with Gasteiger partial charge in [-0.2, -0.15) is 0 Å². The molecule has 2 fully saturated rings. The van der Waals surface area contributed by atoms with E-state index in [-0.39, 0.29) is 36.1 Å². The average molecular weight is 418 g/mol. The molecule has 0 spiro atoms. The van der Waals surface area contributed by atoms with Crippen LogP contribution in [-0.4, -0.2) is 72.0 Å². The molecule has 30 heavy (non-hydrogen) atoms. The molecule has 164 valence electrons. The van der Waals surface area contributed by atoms with E-state index < -0.39 is 5.97 Å². The topological polar surface area (TPSA) is 113 Å². The van der Waals surface area contributed by atoms with Gasteiger partial charge in [0, 0.05) is 25.1 Å². The Labute approximate surface area is 177 Å². The number of hydrogen-bond acceptors (Lipinski definition) is 5. The van der Waals surface area contributed by atoms with Crippen LogP contribution < -0.4 is 10.5 Å². The predicted octanol–water partition coefficient (Wildman–Crippen LogP) is 1.59. The van der Waals surface area contributed by atoms with Crippen molar-refractivity contribution in [3.8, 4) is 5.75 Å². The molecule has 3 atom stereocenters. The molecule has 2 heterocycles. The van der Waals surface area contributed by atoms with Crippen molar-refractivity contribution in [2.45, 2.75) is 38.1 Å². The van der Waals surface area contributed by atoms with Crippen molar-refractivity contribution in [2.75, 3.05) is 33.3 Å². The van der Waals surface area contributed by atoms with Crippen molar-refractivity contribution in [1.82, 2.24) is 9.80 Å². The van der Waals surface area contributed by atoms with E-state index in [2.05, 4.69) is 4.90 Å². The van der Waals surface area contributed by atoms with E-state index in [1.807, 2.05) is 4.90 Å². The van der Waals surface area contributed by atoms with Crippen LogP contribution in [0.4, 0.5) is 0 Å². The van der Waals surface area contributed by atoms with E-state index in [0.717, 1.165) is 25.8 Å². The first-order valence-electron chi connectivity index (χ1n) is 10.6. The van der Waals surface area contributed by atoms with Crippen LogP contribution in [0.15, 0.2) is 24.3 Å². The maximum Gasteiger partial charge on any atom is 0.303 e. The highest BCUT2D eigenvalue weighted by Gasteiger charge is 2.35. The summed E-state index contributed by atoms with van der Waals surface area (Å²) in [6.07, 6.45) is 3.24. The van der Waals surface area contributed by atoms with E-state index in [0.29, 0.717) is 37.4 Å². The van der Waals surface area contributed by atoms with Crippen LogP contribution in [-0.2, 0) is 9.59 Å². The molecule has 3 unspecified atom stereocenters. The number of carbonyl (C=O) groups is 3. The molecule has 0 bridgehead atoms. The minimum atomic E-state index is -0.809. The SMILES string of the molecule is COc1ccc(C(=O)N2CCC(CC(=O)O)C(CCN3CCCC3C(N)=O)C2)cc1. The fourth-order valence-electron chi connectivity index (χ4n) is 4.75. The van der Waals surface area contributed by atoms with Gasteiger partial charge in [-0.3, -0.25) is 19.3 Å². The first kappa shape index (κ1) is 22.1. The first-order valence-corrected chi connectivity index (χ1v) is 10.6. The second-order valence-corrected chi connectivity index (χ2v) is 8.27. The minimum absolute atomic E-state index is 0.0250. The molecule has 2 aliphatic rings. The van der Waals surface area contributed by atoms with Gasteiger partial charge in [0.25, 0.3) is 5.91 Å². The summed E-state index contributed by atoms with van der Waals surface area (Å²) in [7, 11) is 1.58. The molecule has 2 saturated heterocycles. The maximum absolute atomic E-state index is 13.0. The van der Waals surface area contributed by atoms with Gasteiger partial charge in [0.2, 0.25) is 5.91 Å². The molecule has 8 nitrogen and oxygen atoms in total. The van der Waals surface area contributed by atoms with Crippen LogP contribution in [0.1, 0.15) is 42.5 Å². The van der Waals surface area contributed by atoms with Crippen molar-refractivity contribution in [3.63, 3.8) is 0 Å². The second kappa shape index (κ2) is 9.93. The number of benzene rings is 1. The van der Waals surface area contributed by atoms with Crippen molar-refractivity contribution in [3.05, 3.63) is 29.8 Å². The highest BCUT2D eigenvalue weighted by Crippen LogP contribution is 2.31. The first-order chi connectivity index (χ1) is 14.4. The van der Waals surface area contributed by atoms with Crippen LogP contribution in [0.3, 0.4) is 0 Å². The summed E-state index contributed by atoms with van der Waals surface area (Å²) < 4.78 is 5.15. The van der Waals surface area contributed by atoms with Gasteiger partial charge in [0.1, 0.15) is 5.75 Å². The summed E-state index contributed by atoms with van der Waals surface area (Å²) in [5.74, 6) is -0.360. The van der Waals surface area contributed by atoms with Gasteiger partial charge < -0.3 is 20.5 Å². The van der Waals surface area contributed by atoms with Crippen LogP contribution >= 0.6 is 0 Å². The number of carbonyl (C=O) groups excluding carboxylic acids is 2. The number of piperidine rings is 1. The lowest BCUT2D eigenvalue weighted by atomic mass is 9.81. The summed E-state index contributed by atoms with van der Waals surface area (Å²) in [5, 5.41) is 9.32. The zero-order chi connectivity index (χ0) is 21.7. The molecule has 3 N–H and O–H groups in total. The molecule has 2 aliphatic heterocycles. The summed E-state index contributed by atoms with van der Waals surface area (Å²) >= 11 is 0. The van der Waals surface area contributed by atoms with E-state index in [4.69, 9.17) is 10.5 Å². The Bertz CT molecular complexity index is 767. The summed E-state index contributed by atoms with van der Waals surface area (Å²) in [6.45, 7) is 2.60. The number of methoxy groups -OCH3 is 1. The van der Waals surface area contributed by atoms with Crippen LogP contribution in [0, 0.1) is 11.8 Å². The molecule has 0 aromatic heterocycles. The fourth-order valence-corrected chi connectivity index (χ4v) is 4.75. The number of hydrogen-bond donors (Lipinski definition) is 2. The van der Waals surface area contributed by atoms with Gasteiger partial charge in [-0.15, -0.1) is 0 Å². The number of primary amides is 1. The Hall–Kier alpha value is -2.61. The summed E-state index contributed by atoms with van der Waals surface area (Å²) in [5.41, 5.74) is 6.11. The van der Waals surface area contributed by atoms with E-state index in [1.54, 1.807) is 31.4 Å². The van der Waals surface area contributed by atoms with E-state index in [1.165, 1.54) is 0 Å². The largest absolute Gasteiger partial charge is 0.497 e. The molecular formula is C22H31N3O5. The second-order valence-electron chi connectivity index (χ2n) is 8.27. The highest BCUT2D eigenvalue weighted by molar-refractivity contribution is 5.94. The van der Waals surface area contributed by atoms with Crippen molar-refractivity contribution in [2.24, 2.45) is 17.6 Å². The Kier molecular flexibility index (Phi) is 7.31. The van der Waals surface area contributed by atoms with E-state index in [9.17, 15) is 19.5 Å². The van der Waals surface area contributed by atoms with Gasteiger partial charge in [0.15, 0.2) is 0 Å². The molecule has 1 aromatic carbocycles. The third kappa shape index (κ3) is 5.30. The quantitative estimate of drug-likeness (QED) is 0.664. The zero-order valence-electron chi connectivity index (χ0n) is 17.5. The normalized spacial score (nSPS) is 24.6. The third-order valence-corrected chi connectivity index (χ3v) is 6.43. The minimum Gasteiger partial charge on any atom is -0.497 e. The number of likely N-dealkylation sites (tertiary alicyclic amines) is 2. The van der Waals surface area contributed by atoms with E-state index >= 15 is 0 Å². The highest BCUT2D eigenvalue weighted by atomic mass is 16.5. The molecule has 3 rings (SSSR count). The number of amides is 2. The van der Waals surface area contributed by atoms with Gasteiger partial charge in [-0.05, 0) is 74.9 Å². The lowest BCUT2D eigenvalue weighted by Crippen LogP contribution is -2.46. The lowest BCUT2D eigenvalue weighted by Gasteiger charge is -2.39. The van der Waals surface area contributed by atoms with Crippen molar-refractivity contribution >= 4 is 17.8 Å². The third-order valence-electron chi connectivity index (χ3n) is 6.43. The monoisotopic (exact) mass is 417 g/mol. The number of nitrogens with zero attached hydrogens (tertiary/aromatic N) is 2. The summed E-state index contributed by atoms with van der Waals surface area (Å²) in [4.78, 5) is 39.9. The Balaban J connectivity index is 1.66. The number of ether oxygens (including phenoxy) is 1. The summed E-state index contributed by atoms with van der Waals surface area (Å²) in [6, 6.07) is 6.80. The van der Waals surface area contributed by atoms with Gasteiger partial charge in [-0.1, -0.05) is 0 Å². The number of carboxylic acids is 1. The van der Waals surface area contributed by atoms with Gasteiger partial charge in [0.05, 0.1) is 13.2 Å². The Morgan fingerprint density at radius 1 is 1.13 bits per heavy atom. The molecule has 0 saturated carbocycles. The van der Waals surface area contributed by atoms with Gasteiger partial charge in [-0.25, -0.2) is 0 Å². The fraction of sp³-hybridized carbons (Fsp3) is 0.591. The molecule has 0 radical (unpaired) electrons. The Morgan fingerprint density at radius 3 is 2.50 bits per heavy atom. The maximum atomic E-state index is 13.0. The zero-order valence-corrected chi connectivity index (χ0v) is 17.5. The Morgan fingerprint density at radius 2 is 1.87 bits per heavy atom. The average Bonchev–Trinajstić information content (AvgIpc) is 3.21. The number of aliphatic carboxylic acids is 1. The molecule has 1 aromatic rings. The van der Waals surface area contributed by atoms with Gasteiger partial charge >= 0.3 is 5.97 Å². The predicted molar refractivity (Wildman–Crippen MR) is 111 cm³/mol. The molecule has 2 amide bonds. The molecular weight excluding hydrogens is 386 g/mol. The van der Waals surface area contributed by atoms with Crippen LogP contribution in [0.2, 0.25) is 0 Å². The van der Waals surface area contributed by atoms with Crippen LogP contribution in [0.5, 0.6) is 5.75 Å². The van der Waals surface area contributed by atoms with Crippen molar-refractivity contribution < 1.29 is 24.2 Å². The standard InChI is InChI=1S/C22H31N3O5/c1-30-18-6-4-15(5-7-18)22(29)25-12-8-16(13-20(26)27)17(14-25)9-11-24-10-2-3-19(24)21(23)28/h4-7,16-17,19H,2-3,8-14H2,1H3,(H2,23,28)(H,26,27). The smallest absolute Gasteiger partial charge is 0.303 e. The lowest BCUT2D eigenvalue weighted by molar-refractivity contribution is -0.139. The number of nitrogens with two attached hydrogens (primary N) is 1. The number of carboxylic acid groups (broad SMARTS) is 1.